The lowest BCUT2D eigenvalue weighted by Gasteiger charge is -2.34. The standard InChI is InChI=1S/C21H29FN2O4/c22-19-15-23-12-11-16(19)14-18(25)10-9-17-6-5-7-20(26)24(17)13-4-2-1-3-8-21(27)28/h9-12,15,17-18,25H,1-8,13-14H2,(H,27,28)/b10-9+/t17-,18?/m1/s1. The molecule has 0 bridgehead atoms. The van der Waals surface area contributed by atoms with Crippen LogP contribution in [0.2, 0.25) is 0 Å². The van der Waals surface area contributed by atoms with Gasteiger partial charge in [-0.05, 0) is 37.3 Å². The minimum atomic E-state index is -0.827. The molecule has 0 spiro atoms. The quantitative estimate of drug-likeness (QED) is 0.446. The van der Waals surface area contributed by atoms with E-state index < -0.39 is 17.9 Å². The third kappa shape index (κ3) is 7.38. The zero-order valence-electron chi connectivity index (χ0n) is 16.1. The fraction of sp³-hybridized carbons (Fsp3) is 0.571. The maximum atomic E-state index is 13.6. The lowest BCUT2D eigenvalue weighted by Crippen LogP contribution is -2.43. The first kappa shape index (κ1) is 22.0. The second kappa shape index (κ2) is 11.5. The van der Waals surface area contributed by atoms with Crippen molar-refractivity contribution in [3.05, 3.63) is 42.0 Å². The van der Waals surface area contributed by atoms with Gasteiger partial charge in [-0.3, -0.25) is 14.6 Å². The van der Waals surface area contributed by atoms with E-state index >= 15 is 0 Å². The third-order valence-electron chi connectivity index (χ3n) is 4.99. The van der Waals surface area contributed by atoms with Gasteiger partial charge in [0.2, 0.25) is 5.91 Å². The molecule has 1 amide bonds. The SMILES string of the molecule is O=C(O)CCCCCCN1C(=O)CCC[C@@H]1/C=C/C(O)Cc1ccncc1F. The van der Waals surface area contributed by atoms with Gasteiger partial charge in [0.1, 0.15) is 5.82 Å². The second-order valence-corrected chi connectivity index (χ2v) is 7.23. The smallest absolute Gasteiger partial charge is 0.303 e. The number of aliphatic carboxylic acids is 1. The molecule has 28 heavy (non-hydrogen) atoms. The topological polar surface area (TPSA) is 90.7 Å². The molecule has 7 heteroatoms. The zero-order valence-corrected chi connectivity index (χ0v) is 16.1. The number of nitrogens with zero attached hydrogens (tertiary/aromatic N) is 2. The van der Waals surface area contributed by atoms with E-state index in [9.17, 15) is 19.1 Å². The number of aliphatic hydroxyl groups excluding tert-OH is 1. The lowest BCUT2D eigenvalue weighted by atomic mass is 9.99. The Balaban J connectivity index is 1.83. The monoisotopic (exact) mass is 392 g/mol. The van der Waals surface area contributed by atoms with Crippen molar-refractivity contribution in [3.8, 4) is 0 Å². The molecule has 1 aromatic rings. The molecule has 154 valence electrons. The van der Waals surface area contributed by atoms with Gasteiger partial charge >= 0.3 is 5.97 Å². The number of amides is 1. The number of aliphatic hydroxyl groups is 1. The van der Waals surface area contributed by atoms with Gasteiger partial charge in [0, 0.05) is 32.0 Å². The van der Waals surface area contributed by atoms with E-state index in [0.29, 0.717) is 24.9 Å². The molecule has 6 nitrogen and oxygen atoms in total. The Bertz CT molecular complexity index is 680. The average molecular weight is 392 g/mol. The number of pyridine rings is 1. The summed E-state index contributed by atoms with van der Waals surface area (Å²) in [6.07, 6.45) is 11.0. The van der Waals surface area contributed by atoms with Crippen LogP contribution in [0.3, 0.4) is 0 Å². The number of hydrogen-bond acceptors (Lipinski definition) is 4. The van der Waals surface area contributed by atoms with E-state index in [2.05, 4.69) is 4.98 Å². The number of likely N-dealkylation sites (tertiary alicyclic amines) is 1. The maximum Gasteiger partial charge on any atom is 0.303 e. The molecule has 1 aliphatic heterocycles. The minimum Gasteiger partial charge on any atom is -0.481 e. The van der Waals surface area contributed by atoms with E-state index in [4.69, 9.17) is 5.11 Å². The molecular formula is C21H29FN2O4. The van der Waals surface area contributed by atoms with Gasteiger partial charge in [-0.2, -0.15) is 0 Å². The number of halogens is 1. The molecule has 1 aliphatic rings. The van der Waals surface area contributed by atoms with Crippen LogP contribution in [0, 0.1) is 5.82 Å². The largest absolute Gasteiger partial charge is 0.481 e. The minimum absolute atomic E-state index is 0.0581. The van der Waals surface area contributed by atoms with E-state index in [-0.39, 0.29) is 24.8 Å². The number of carboxylic acid groups (broad SMARTS) is 1. The Morgan fingerprint density at radius 2 is 2.14 bits per heavy atom. The van der Waals surface area contributed by atoms with Crippen molar-refractivity contribution in [2.24, 2.45) is 0 Å². The van der Waals surface area contributed by atoms with Crippen LogP contribution in [-0.4, -0.2) is 50.7 Å². The second-order valence-electron chi connectivity index (χ2n) is 7.23. The Morgan fingerprint density at radius 3 is 2.89 bits per heavy atom. The number of carbonyl (C=O) groups is 2. The molecule has 1 aromatic heterocycles. The molecule has 2 N–H and O–H groups in total. The van der Waals surface area contributed by atoms with Crippen molar-refractivity contribution < 1.29 is 24.2 Å². The first-order valence-corrected chi connectivity index (χ1v) is 9.93. The first-order valence-electron chi connectivity index (χ1n) is 9.93. The van der Waals surface area contributed by atoms with E-state index in [0.717, 1.165) is 38.3 Å². The van der Waals surface area contributed by atoms with Crippen LogP contribution < -0.4 is 0 Å². The summed E-state index contributed by atoms with van der Waals surface area (Å²) in [7, 11) is 0. The Kier molecular flexibility index (Phi) is 9.07. The van der Waals surface area contributed by atoms with Crippen molar-refractivity contribution in [2.75, 3.05) is 6.54 Å². The van der Waals surface area contributed by atoms with Crippen LogP contribution in [0.5, 0.6) is 0 Å². The number of aromatic nitrogens is 1. The van der Waals surface area contributed by atoms with Crippen molar-refractivity contribution in [1.82, 2.24) is 9.88 Å². The van der Waals surface area contributed by atoms with Crippen LogP contribution in [0.25, 0.3) is 0 Å². The summed E-state index contributed by atoms with van der Waals surface area (Å²) in [5.74, 6) is -1.10. The third-order valence-corrected chi connectivity index (χ3v) is 4.99. The number of carbonyl (C=O) groups excluding carboxylic acids is 1. The van der Waals surface area contributed by atoms with Crippen molar-refractivity contribution in [3.63, 3.8) is 0 Å². The molecule has 1 unspecified atom stereocenters. The fourth-order valence-corrected chi connectivity index (χ4v) is 3.47. The zero-order chi connectivity index (χ0) is 20.4. The highest BCUT2D eigenvalue weighted by Gasteiger charge is 2.25. The van der Waals surface area contributed by atoms with Crippen LogP contribution in [0.15, 0.2) is 30.6 Å². The van der Waals surface area contributed by atoms with Crippen LogP contribution >= 0.6 is 0 Å². The molecule has 2 rings (SSSR count). The van der Waals surface area contributed by atoms with Gasteiger partial charge in [-0.25, -0.2) is 4.39 Å². The summed E-state index contributed by atoms with van der Waals surface area (Å²) in [6.45, 7) is 0.635. The molecule has 1 saturated heterocycles. The lowest BCUT2D eigenvalue weighted by molar-refractivity contribution is -0.137. The van der Waals surface area contributed by atoms with Gasteiger partial charge in [-0.15, -0.1) is 0 Å². The molecule has 0 aliphatic carbocycles. The molecule has 1 fully saturated rings. The summed E-state index contributed by atoms with van der Waals surface area (Å²) >= 11 is 0. The fourth-order valence-electron chi connectivity index (χ4n) is 3.47. The molecular weight excluding hydrogens is 363 g/mol. The van der Waals surface area contributed by atoms with Gasteiger partial charge in [0.25, 0.3) is 0 Å². The highest BCUT2D eigenvalue weighted by atomic mass is 19.1. The molecule has 0 saturated carbocycles. The Hall–Kier alpha value is -2.28. The predicted molar refractivity (Wildman–Crippen MR) is 103 cm³/mol. The molecule has 0 radical (unpaired) electrons. The average Bonchev–Trinajstić information content (AvgIpc) is 2.66. The normalized spacial score (nSPS) is 18.6. The van der Waals surface area contributed by atoms with Crippen LogP contribution in [-0.2, 0) is 16.0 Å². The van der Waals surface area contributed by atoms with Gasteiger partial charge < -0.3 is 15.1 Å². The molecule has 2 heterocycles. The van der Waals surface area contributed by atoms with E-state index in [1.165, 1.54) is 6.20 Å². The Morgan fingerprint density at radius 1 is 1.36 bits per heavy atom. The number of piperidine rings is 1. The van der Waals surface area contributed by atoms with Crippen molar-refractivity contribution >= 4 is 11.9 Å². The number of carboxylic acids is 1. The summed E-state index contributed by atoms with van der Waals surface area (Å²) in [5, 5.41) is 18.9. The highest BCUT2D eigenvalue weighted by Crippen LogP contribution is 2.21. The summed E-state index contributed by atoms with van der Waals surface area (Å²) in [5.41, 5.74) is 0.407. The van der Waals surface area contributed by atoms with Crippen molar-refractivity contribution in [1.29, 1.82) is 0 Å². The van der Waals surface area contributed by atoms with Crippen LogP contribution in [0.4, 0.5) is 4.39 Å². The van der Waals surface area contributed by atoms with E-state index in [1.807, 2.05) is 11.0 Å². The summed E-state index contributed by atoms with van der Waals surface area (Å²) in [6, 6.07) is 1.49. The Labute approximate surface area is 165 Å². The van der Waals surface area contributed by atoms with E-state index in [1.54, 1.807) is 12.1 Å². The number of rotatable bonds is 11. The number of hydrogen-bond donors (Lipinski definition) is 2. The van der Waals surface area contributed by atoms with Gasteiger partial charge in [0.05, 0.1) is 18.3 Å². The number of unbranched alkanes of at least 4 members (excludes halogenated alkanes) is 3. The maximum absolute atomic E-state index is 13.6. The summed E-state index contributed by atoms with van der Waals surface area (Å²) in [4.78, 5) is 28.4. The van der Waals surface area contributed by atoms with Gasteiger partial charge in [-0.1, -0.05) is 25.0 Å². The molecule has 2 atom stereocenters. The van der Waals surface area contributed by atoms with Crippen LogP contribution in [0.1, 0.15) is 56.9 Å². The summed E-state index contributed by atoms with van der Waals surface area (Å²) < 4.78 is 13.6. The predicted octanol–water partition coefficient (Wildman–Crippen LogP) is 3.10. The van der Waals surface area contributed by atoms with Gasteiger partial charge in [0.15, 0.2) is 0 Å². The molecule has 0 aromatic carbocycles. The highest BCUT2D eigenvalue weighted by molar-refractivity contribution is 5.77. The van der Waals surface area contributed by atoms with Crippen molar-refractivity contribution in [2.45, 2.75) is 69.9 Å². The first-order chi connectivity index (χ1) is 13.5.